The van der Waals surface area contributed by atoms with Gasteiger partial charge in [0, 0.05) is 0 Å². The lowest BCUT2D eigenvalue weighted by atomic mass is 10.0. The lowest BCUT2D eigenvalue weighted by molar-refractivity contribution is -0.304. The highest BCUT2D eigenvalue weighted by atomic mass is 16.4. The van der Waals surface area contributed by atoms with Gasteiger partial charge >= 0.3 is 0 Å². The Morgan fingerprint density at radius 3 is 1.39 bits per heavy atom. The Kier molecular flexibility index (Phi) is 7.36. The van der Waals surface area contributed by atoms with Gasteiger partial charge in [-0.1, -0.05) is 0 Å². The predicted octanol–water partition coefficient (Wildman–Crippen LogP) is -2.77. The van der Waals surface area contributed by atoms with E-state index in [4.69, 9.17) is 0 Å². The van der Waals surface area contributed by atoms with E-state index in [0.717, 1.165) is 0 Å². The molecule has 0 amide bonds. The molecule has 0 bridgehead atoms. The molecule has 0 saturated heterocycles. The topological polar surface area (TPSA) is 139 Å². The Balaban J connectivity index is 5.14. The maximum Gasteiger partial charge on any atom is 0.234 e. The molecule has 0 fully saturated rings. The number of hydrogen-bond acceptors (Lipinski definition) is 8. The van der Waals surface area contributed by atoms with Crippen molar-refractivity contribution in [2.24, 2.45) is 9.98 Å². The third-order valence-corrected chi connectivity index (χ3v) is 1.93. The smallest absolute Gasteiger partial charge is 0.234 e. The quantitative estimate of drug-likeness (QED) is 0.260. The lowest BCUT2D eigenvalue weighted by Gasteiger charge is -2.15. The van der Waals surface area contributed by atoms with Gasteiger partial charge in [0.25, 0.3) is 0 Å². The van der Waals surface area contributed by atoms with Crippen LogP contribution in [0.2, 0.25) is 0 Å². The molecule has 0 aromatic heterocycles. The van der Waals surface area contributed by atoms with Gasteiger partial charge in [-0.25, -0.2) is 19.6 Å². The van der Waals surface area contributed by atoms with E-state index >= 15 is 0 Å². The summed E-state index contributed by atoms with van der Waals surface area (Å²) in [6.45, 7) is -0.471. The zero-order chi connectivity index (χ0) is 14.0. The van der Waals surface area contributed by atoms with Crippen molar-refractivity contribution >= 4 is 24.1 Å². The third kappa shape index (κ3) is 5.50. The van der Waals surface area contributed by atoms with Gasteiger partial charge < -0.3 is 19.8 Å². The van der Waals surface area contributed by atoms with Crippen LogP contribution in [0.4, 0.5) is 0 Å². The summed E-state index contributed by atoms with van der Waals surface area (Å²) < 4.78 is 0. The highest BCUT2D eigenvalue weighted by molar-refractivity contribution is 5.97. The van der Waals surface area contributed by atoms with Crippen molar-refractivity contribution in [1.82, 2.24) is 0 Å². The summed E-state index contributed by atoms with van der Waals surface area (Å²) >= 11 is 0. The second-order valence-corrected chi connectivity index (χ2v) is 2.98. The average molecular weight is 252 g/mol. The molecule has 0 aliphatic carbocycles. The number of carbonyl (C=O) groups excluding carboxylic acids is 4. The molecular formula is C10H8N2O6-2. The summed E-state index contributed by atoms with van der Waals surface area (Å²) in [4.78, 5) is 47.4. The molecule has 0 unspecified atom stereocenters. The highest BCUT2D eigenvalue weighted by Gasteiger charge is 2.09. The Morgan fingerprint density at radius 2 is 1.17 bits per heavy atom. The fourth-order valence-electron chi connectivity index (χ4n) is 1.18. The van der Waals surface area contributed by atoms with Gasteiger partial charge in [-0.15, -0.1) is 0 Å². The Hall–Kier alpha value is -2.56. The Labute approximate surface area is 101 Å². The maximum atomic E-state index is 10.8. The summed E-state index contributed by atoms with van der Waals surface area (Å²) in [5.74, 6) is -3.41. The van der Waals surface area contributed by atoms with Crippen molar-refractivity contribution in [3.8, 4) is 0 Å². The van der Waals surface area contributed by atoms with Crippen LogP contribution in [0.25, 0.3) is 0 Å². The molecule has 0 aliphatic rings. The minimum Gasteiger partial charge on any atom is -0.545 e. The number of hydrogen-bond donors (Lipinski definition) is 0. The fourth-order valence-corrected chi connectivity index (χ4v) is 1.18. The molecule has 0 heterocycles. The second-order valence-electron chi connectivity index (χ2n) is 2.98. The minimum atomic E-state index is -1.70. The first kappa shape index (κ1) is 15.4. The van der Waals surface area contributed by atoms with Gasteiger partial charge in [-0.3, -0.25) is 0 Å². The first-order chi connectivity index (χ1) is 8.54. The SMILES string of the molecule is O=C=NCC/C(C(=O)[O-])=C(\CCN=C=O)C(=O)[O-]. The number of aliphatic imine (C=N–C) groups is 2. The van der Waals surface area contributed by atoms with E-state index in [1.54, 1.807) is 0 Å². The molecule has 0 atom stereocenters. The normalized spacial score (nSPS) is 10.7. The van der Waals surface area contributed by atoms with Crippen LogP contribution in [-0.4, -0.2) is 37.2 Å². The Morgan fingerprint density at radius 1 is 0.833 bits per heavy atom. The van der Waals surface area contributed by atoms with Gasteiger partial charge in [0.2, 0.25) is 12.2 Å². The van der Waals surface area contributed by atoms with Crippen molar-refractivity contribution < 1.29 is 29.4 Å². The van der Waals surface area contributed by atoms with Crippen LogP contribution >= 0.6 is 0 Å². The molecule has 0 aromatic carbocycles. The van der Waals surface area contributed by atoms with Crippen LogP contribution in [0.1, 0.15) is 12.8 Å². The van der Waals surface area contributed by atoms with Crippen LogP contribution in [0.5, 0.6) is 0 Å². The molecule has 0 N–H and O–H groups in total. The molecule has 96 valence electrons. The third-order valence-electron chi connectivity index (χ3n) is 1.93. The van der Waals surface area contributed by atoms with E-state index in [-0.39, 0.29) is 25.9 Å². The standard InChI is InChI=1S/C10H10N2O6/c13-5-11-3-1-7(9(15)16)8(10(17)18)2-4-12-6-14/h1-4H2,(H,15,16)(H,17,18)/p-2/b8-7-. The molecule has 0 spiro atoms. The molecule has 0 rings (SSSR count). The van der Waals surface area contributed by atoms with E-state index in [1.165, 1.54) is 12.2 Å². The largest absolute Gasteiger partial charge is 0.545 e. The number of aliphatic carboxylic acids is 2. The molecule has 8 nitrogen and oxygen atoms in total. The molecule has 0 aliphatic heterocycles. The first-order valence-electron chi connectivity index (χ1n) is 4.76. The summed E-state index contributed by atoms with van der Waals surface area (Å²) in [5.41, 5.74) is -1.09. The first-order valence-corrected chi connectivity index (χ1v) is 4.76. The van der Waals surface area contributed by atoms with Crippen LogP contribution in [0, 0.1) is 0 Å². The summed E-state index contributed by atoms with van der Waals surface area (Å²) in [6.07, 6.45) is 1.75. The predicted molar refractivity (Wildman–Crippen MR) is 52.3 cm³/mol. The number of rotatable bonds is 8. The van der Waals surface area contributed by atoms with E-state index in [9.17, 15) is 29.4 Å². The van der Waals surface area contributed by atoms with Gasteiger partial charge in [0.15, 0.2) is 0 Å². The van der Waals surface area contributed by atoms with Crippen molar-refractivity contribution in [3.05, 3.63) is 11.1 Å². The summed E-state index contributed by atoms with van der Waals surface area (Å²) in [5, 5.41) is 21.5. The van der Waals surface area contributed by atoms with Crippen LogP contribution in [-0.2, 0) is 19.2 Å². The van der Waals surface area contributed by atoms with Crippen LogP contribution < -0.4 is 10.2 Å². The van der Waals surface area contributed by atoms with Gasteiger partial charge in [0.05, 0.1) is 25.0 Å². The number of nitrogens with zero attached hydrogens (tertiary/aromatic N) is 2. The fraction of sp³-hybridized carbons (Fsp3) is 0.400. The molecule has 18 heavy (non-hydrogen) atoms. The molecule has 0 aromatic rings. The zero-order valence-corrected chi connectivity index (χ0v) is 9.17. The van der Waals surface area contributed by atoms with Crippen LogP contribution in [0.3, 0.4) is 0 Å². The van der Waals surface area contributed by atoms with Crippen molar-refractivity contribution in [2.75, 3.05) is 13.1 Å². The van der Waals surface area contributed by atoms with E-state index in [1.807, 2.05) is 0 Å². The van der Waals surface area contributed by atoms with Crippen molar-refractivity contribution in [1.29, 1.82) is 0 Å². The molecular weight excluding hydrogens is 244 g/mol. The molecule has 8 heteroatoms. The van der Waals surface area contributed by atoms with E-state index in [0.29, 0.717) is 0 Å². The zero-order valence-electron chi connectivity index (χ0n) is 9.17. The lowest BCUT2D eigenvalue weighted by Crippen LogP contribution is -2.32. The summed E-state index contributed by atoms with van der Waals surface area (Å²) in [6, 6.07) is 0. The minimum absolute atomic E-state index is 0.236. The van der Waals surface area contributed by atoms with Crippen LogP contribution in [0.15, 0.2) is 21.1 Å². The number of isocyanates is 2. The number of carboxylic acid groups (broad SMARTS) is 2. The van der Waals surface area contributed by atoms with Crippen molar-refractivity contribution in [2.45, 2.75) is 12.8 Å². The summed E-state index contributed by atoms with van der Waals surface area (Å²) in [7, 11) is 0. The van der Waals surface area contributed by atoms with Gasteiger partial charge in [-0.2, -0.15) is 0 Å². The monoisotopic (exact) mass is 252 g/mol. The highest BCUT2D eigenvalue weighted by Crippen LogP contribution is 2.12. The van der Waals surface area contributed by atoms with E-state index in [2.05, 4.69) is 9.98 Å². The Bertz CT molecular complexity index is 413. The van der Waals surface area contributed by atoms with Gasteiger partial charge in [0.1, 0.15) is 0 Å². The average Bonchev–Trinajstić information content (AvgIpc) is 2.31. The van der Waals surface area contributed by atoms with E-state index < -0.39 is 23.1 Å². The van der Waals surface area contributed by atoms with Gasteiger partial charge in [-0.05, 0) is 24.0 Å². The second kappa shape index (κ2) is 8.58. The van der Waals surface area contributed by atoms with Crippen molar-refractivity contribution in [3.63, 3.8) is 0 Å². The number of carboxylic acids is 2. The molecule has 0 radical (unpaired) electrons. The molecule has 0 saturated carbocycles. The number of carbonyl (C=O) groups is 2. The maximum absolute atomic E-state index is 10.8.